The molecule has 78 valence electrons. The number of amides is 1. The monoisotopic (exact) mass is 199 g/mol. The van der Waals surface area contributed by atoms with E-state index in [4.69, 9.17) is 11.0 Å². The molecule has 0 rings (SSSR count). The minimum absolute atomic E-state index is 0.0564. The van der Waals surface area contributed by atoms with E-state index in [1.165, 1.54) is 11.1 Å². The highest BCUT2D eigenvalue weighted by atomic mass is 19.1. The third-order valence-corrected chi connectivity index (χ3v) is 1.50. The lowest BCUT2D eigenvalue weighted by Gasteiger charge is -2.11. The zero-order valence-corrected chi connectivity index (χ0v) is 8.16. The van der Waals surface area contributed by atoms with Crippen LogP contribution in [0.1, 0.15) is 12.8 Å². The molecular formula is C9H14FN3O. The fourth-order valence-corrected chi connectivity index (χ4v) is 0.964. The van der Waals surface area contributed by atoms with E-state index >= 15 is 0 Å². The third-order valence-electron chi connectivity index (χ3n) is 1.50. The molecule has 0 aliphatic rings. The van der Waals surface area contributed by atoms with E-state index in [2.05, 4.69) is 0 Å². The van der Waals surface area contributed by atoms with Crippen molar-refractivity contribution in [1.29, 1.82) is 5.26 Å². The number of alkyl halides is 1. The van der Waals surface area contributed by atoms with Gasteiger partial charge in [-0.05, 0) is 12.8 Å². The number of rotatable bonds is 6. The molecule has 0 spiro atoms. The summed E-state index contributed by atoms with van der Waals surface area (Å²) in [5.74, 6) is -0.466. The second-order valence-corrected chi connectivity index (χ2v) is 2.94. The van der Waals surface area contributed by atoms with Gasteiger partial charge in [-0.3, -0.25) is 9.18 Å². The number of allylic oxidation sites excluding steroid dienone is 1. The molecule has 14 heavy (non-hydrogen) atoms. The summed E-state index contributed by atoms with van der Waals surface area (Å²) in [4.78, 5) is 12.0. The first-order chi connectivity index (χ1) is 6.60. The molecular weight excluding hydrogens is 185 g/mol. The van der Waals surface area contributed by atoms with Crippen molar-refractivity contribution in [3.63, 3.8) is 0 Å². The fourth-order valence-electron chi connectivity index (χ4n) is 0.964. The van der Waals surface area contributed by atoms with Gasteiger partial charge in [0.05, 0.1) is 19.3 Å². The Kier molecular flexibility index (Phi) is 6.12. The second-order valence-electron chi connectivity index (χ2n) is 2.94. The van der Waals surface area contributed by atoms with Crippen molar-refractivity contribution in [2.24, 2.45) is 5.73 Å². The lowest BCUT2D eigenvalue weighted by Crippen LogP contribution is -2.27. The molecule has 0 aromatic heterocycles. The van der Waals surface area contributed by atoms with E-state index in [0.29, 0.717) is 18.4 Å². The van der Waals surface area contributed by atoms with Crippen LogP contribution in [0.5, 0.6) is 0 Å². The number of halogens is 1. The van der Waals surface area contributed by atoms with Gasteiger partial charge in [0, 0.05) is 18.8 Å². The van der Waals surface area contributed by atoms with Gasteiger partial charge in [-0.25, -0.2) is 0 Å². The molecule has 0 unspecified atom stereocenters. The van der Waals surface area contributed by atoms with E-state index in [0.717, 1.165) is 0 Å². The van der Waals surface area contributed by atoms with Crippen LogP contribution in [-0.4, -0.2) is 31.1 Å². The summed E-state index contributed by atoms with van der Waals surface area (Å²) >= 11 is 0. The number of carbonyl (C=O) groups is 1. The highest BCUT2D eigenvalue weighted by Gasteiger charge is 2.01. The predicted molar refractivity (Wildman–Crippen MR) is 50.7 cm³/mol. The molecule has 0 bridgehead atoms. The molecule has 0 aliphatic heterocycles. The molecule has 0 atom stereocenters. The standard InChI is InChI=1S/C9H14FN3O/c1-13(7-9(12)14)6-8(5-11)3-2-4-10/h6H,2-4,7H2,1H3,(H2,12,14). The third kappa shape index (κ3) is 6.00. The van der Waals surface area contributed by atoms with Crippen LogP contribution in [0.3, 0.4) is 0 Å². The van der Waals surface area contributed by atoms with Crippen LogP contribution in [0, 0.1) is 11.3 Å². The lowest BCUT2D eigenvalue weighted by atomic mass is 10.2. The zero-order chi connectivity index (χ0) is 11.0. The van der Waals surface area contributed by atoms with Gasteiger partial charge < -0.3 is 10.6 Å². The van der Waals surface area contributed by atoms with Crippen LogP contribution in [0.4, 0.5) is 4.39 Å². The Morgan fingerprint density at radius 2 is 2.36 bits per heavy atom. The first-order valence-electron chi connectivity index (χ1n) is 4.25. The molecule has 0 aromatic rings. The number of hydrogen-bond donors (Lipinski definition) is 1. The van der Waals surface area contributed by atoms with Crippen LogP contribution in [-0.2, 0) is 4.79 Å². The Morgan fingerprint density at radius 3 is 2.79 bits per heavy atom. The van der Waals surface area contributed by atoms with Crippen molar-refractivity contribution in [1.82, 2.24) is 4.90 Å². The van der Waals surface area contributed by atoms with E-state index in [1.807, 2.05) is 6.07 Å². The van der Waals surface area contributed by atoms with Crippen molar-refractivity contribution in [3.05, 3.63) is 11.8 Å². The van der Waals surface area contributed by atoms with Crippen LogP contribution in [0.2, 0.25) is 0 Å². The Hall–Kier alpha value is -1.57. The Labute approximate surface area is 82.8 Å². The minimum Gasteiger partial charge on any atom is -0.370 e. The number of nitrogens with two attached hydrogens (primary N) is 1. The summed E-state index contributed by atoms with van der Waals surface area (Å²) in [6.45, 7) is -0.390. The number of carbonyl (C=O) groups excluding carboxylic acids is 1. The van der Waals surface area contributed by atoms with Crippen LogP contribution in [0.25, 0.3) is 0 Å². The largest absolute Gasteiger partial charge is 0.370 e. The summed E-state index contributed by atoms with van der Waals surface area (Å²) in [6.07, 6.45) is 2.22. The number of likely N-dealkylation sites (N-methyl/N-ethyl adjacent to an activating group) is 1. The second kappa shape index (κ2) is 6.89. The van der Waals surface area contributed by atoms with E-state index < -0.39 is 12.6 Å². The molecule has 0 saturated heterocycles. The summed E-state index contributed by atoms with van der Waals surface area (Å²) in [5, 5.41) is 8.65. The van der Waals surface area contributed by atoms with Crippen molar-refractivity contribution in [2.75, 3.05) is 20.3 Å². The molecule has 0 radical (unpaired) electrons. The molecule has 2 N–H and O–H groups in total. The van der Waals surface area contributed by atoms with Gasteiger partial charge in [-0.1, -0.05) is 0 Å². The van der Waals surface area contributed by atoms with Gasteiger partial charge >= 0.3 is 0 Å². The van der Waals surface area contributed by atoms with Gasteiger partial charge in [-0.2, -0.15) is 5.26 Å². The van der Waals surface area contributed by atoms with Gasteiger partial charge in [0.15, 0.2) is 0 Å². The van der Waals surface area contributed by atoms with E-state index in [1.54, 1.807) is 7.05 Å². The predicted octanol–water partition coefficient (Wildman–Crippen LogP) is 0.561. The van der Waals surface area contributed by atoms with Gasteiger partial charge in [-0.15, -0.1) is 0 Å². The maximum atomic E-state index is 11.8. The minimum atomic E-state index is -0.466. The molecule has 1 amide bonds. The smallest absolute Gasteiger partial charge is 0.236 e. The summed E-state index contributed by atoms with van der Waals surface area (Å²) < 4.78 is 11.8. The van der Waals surface area contributed by atoms with Crippen LogP contribution >= 0.6 is 0 Å². The maximum absolute atomic E-state index is 11.8. The molecule has 0 saturated carbocycles. The highest BCUT2D eigenvalue weighted by Crippen LogP contribution is 2.04. The van der Waals surface area contributed by atoms with Gasteiger partial charge in [0.2, 0.25) is 5.91 Å². The first-order valence-corrected chi connectivity index (χ1v) is 4.25. The SMILES string of the molecule is CN(C=C(C#N)CCCF)CC(N)=O. The fraction of sp³-hybridized carbons (Fsp3) is 0.556. The summed E-state index contributed by atoms with van der Waals surface area (Å²) in [6, 6.07) is 1.94. The Bertz CT molecular complexity index is 257. The van der Waals surface area contributed by atoms with Gasteiger partial charge in [0.25, 0.3) is 0 Å². The first kappa shape index (κ1) is 12.4. The average Bonchev–Trinajstić information content (AvgIpc) is 2.10. The lowest BCUT2D eigenvalue weighted by molar-refractivity contribution is -0.118. The van der Waals surface area contributed by atoms with Crippen molar-refractivity contribution < 1.29 is 9.18 Å². The molecule has 0 heterocycles. The molecule has 0 fully saturated rings. The van der Waals surface area contributed by atoms with Crippen molar-refractivity contribution >= 4 is 5.91 Å². The van der Waals surface area contributed by atoms with Crippen molar-refractivity contribution in [3.8, 4) is 6.07 Å². The topological polar surface area (TPSA) is 70.1 Å². The Morgan fingerprint density at radius 1 is 1.71 bits per heavy atom. The normalized spacial score (nSPS) is 10.8. The van der Waals surface area contributed by atoms with E-state index in [-0.39, 0.29) is 6.54 Å². The zero-order valence-electron chi connectivity index (χ0n) is 8.16. The van der Waals surface area contributed by atoms with Gasteiger partial charge in [0.1, 0.15) is 0 Å². The van der Waals surface area contributed by atoms with Crippen LogP contribution in [0.15, 0.2) is 11.8 Å². The van der Waals surface area contributed by atoms with E-state index in [9.17, 15) is 9.18 Å². The highest BCUT2D eigenvalue weighted by molar-refractivity contribution is 5.76. The summed E-state index contributed by atoms with van der Waals surface area (Å²) in [5.41, 5.74) is 5.41. The Balaban J connectivity index is 4.15. The molecule has 4 nitrogen and oxygen atoms in total. The maximum Gasteiger partial charge on any atom is 0.236 e. The number of nitrogens with zero attached hydrogens (tertiary/aromatic N) is 2. The van der Waals surface area contributed by atoms with Crippen LogP contribution < -0.4 is 5.73 Å². The molecule has 0 aliphatic carbocycles. The molecule has 5 heteroatoms. The summed E-state index contributed by atoms with van der Waals surface area (Å²) in [7, 11) is 1.64. The average molecular weight is 199 g/mol. The molecule has 0 aromatic carbocycles. The number of primary amides is 1. The number of hydrogen-bond acceptors (Lipinski definition) is 3. The quantitative estimate of drug-likeness (QED) is 0.635. The number of nitriles is 1. The van der Waals surface area contributed by atoms with Crippen molar-refractivity contribution in [2.45, 2.75) is 12.8 Å².